The number of carbonyl (C=O) groups excluding carboxylic acids is 1. The van der Waals surface area contributed by atoms with Gasteiger partial charge >= 0.3 is 0 Å². The lowest BCUT2D eigenvalue weighted by molar-refractivity contribution is -0.117. The molecule has 3 heteroatoms. The topological polar surface area (TPSA) is 41.8 Å². The number of hydrogen-bond acceptors (Lipinski definition) is 2. The van der Waals surface area contributed by atoms with Crippen LogP contribution in [0, 0.1) is 0 Å². The molecule has 1 amide bonds. The van der Waals surface area contributed by atoms with Gasteiger partial charge in [-0.3, -0.25) is 4.79 Å². The standard InChI is InChI=1S/C10H8N2O/c13-10-6-9(7-11-12-10)8-4-2-1-3-5-8/h1-5,7H,6H2. The Balaban J connectivity index is 2.33. The molecule has 0 aliphatic carbocycles. The van der Waals surface area contributed by atoms with Crippen LogP contribution >= 0.6 is 0 Å². The Labute approximate surface area is 75.8 Å². The predicted molar refractivity (Wildman–Crippen MR) is 48.9 cm³/mol. The van der Waals surface area contributed by atoms with E-state index in [4.69, 9.17) is 0 Å². The molecule has 3 nitrogen and oxygen atoms in total. The molecule has 1 heterocycles. The smallest absolute Gasteiger partial charge is 0.269 e. The van der Waals surface area contributed by atoms with Crippen LogP contribution in [0.2, 0.25) is 0 Å². The molecule has 0 unspecified atom stereocenters. The normalized spacial score (nSPS) is 15.7. The highest BCUT2D eigenvalue weighted by Gasteiger charge is 2.10. The number of carbonyl (C=O) groups is 1. The average molecular weight is 172 g/mol. The van der Waals surface area contributed by atoms with Crippen molar-refractivity contribution in [2.45, 2.75) is 6.42 Å². The number of hydrogen-bond donors (Lipinski definition) is 0. The van der Waals surface area contributed by atoms with Gasteiger partial charge < -0.3 is 0 Å². The molecule has 13 heavy (non-hydrogen) atoms. The third-order valence-corrected chi connectivity index (χ3v) is 1.87. The van der Waals surface area contributed by atoms with E-state index in [1.807, 2.05) is 30.3 Å². The molecule has 0 bridgehead atoms. The molecule has 0 saturated heterocycles. The molecule has 1 aliphatic heterocycles. The van der Waals surface area contributed by atoms with Gasteiger partial charge in [-0.1, -0.05) is 30.3 Å². The van der Waals surface area contributed by atoms with Gasteiger partial charge in [0, 0.05) is 0 Å². The third kappa shape index (κ3) is 1.69. The van der Waals surface area contributed by atoms with Crippen molar-refractivity contribution in [1.82, 2.24) is 0 Å². The Morgan fingerprint density at radius 1 is 1.15 bits per heavy atom. The lowest BCUT2D eigenvalue weighted by Crippen LogP contribution is -1.98. The summed E-state index contributed by atoms with van der Waals surface area (Å²) in [6.07, 6.45) is 1.99. The molecule has 2 rings (SSSR count). The second-order valence-corrected chi connectivity index (χ2v) is 2.81. The molecule has 1 aliphatic rings. The summed E-state index contributed by atoms with van der Waals surface area (Å²) in [4.78, 5) is 10.9. The number of azo groups is 1. The maximum atomic E-state index is 10.9. The second-order valence-electron chi connectivity index (χ2n) is 2.81. The highest BCUT2D eigenvalue weighted by Crippen LogP contribution is 2.21. The maximum Gasteiger partial charge on any atom is 0.269 e. The Kier molecular flexibility index (Phi) is 2.00. The van der Waals surface area contributed by atoms with E-state index in [0.29, 0.717) is 6.42 Å². The van der Waals surface area contributed by atoms with Crippen molar-refractivity contribution in [1.29, 1.82) is 0 Å². The van der Waals surface area contributed by atoms with E-state index in [0.717, 1.165) is 11.1 Å². The molecule has 0 aromatic heterocycles. The van der Waals surface area contributed by atoms with Crippen molar-refractivity contribution in [3.05, 3.63) is 42.1 Å². The number of amides is 1. The summed E-state index contributed by atoms with van der Waals surface area (Å²) >= 11 is 0. The molecular weight excluding hydrogens is 164 g/mol. The van der Waals surface area contributed by atoms with E-state index in [2.05, 4.69) is 10.2 Å². The van der Waals surface area contributed by atoms with Gasteiger partial charge in [0.1, 0.15) is 0 Å². The summed E-state index contributed by atoms with van der Waals surface area (Å²) in [5.41, 5.74) is 1.97. The molecule has 0 atom stereocenters. The predicted octanol–water partition coefficient (Wildman–Crippen LogP) is 2.41. The zero-order chi connectivity index (χ0) is 9.10. The molecule has 0 fully saturated rings. The fourth-order valence-corrected chi connectivity index (χ4v) is 1.24. The van der Waals surface area contributed by atoms with Crippen LogP contribution in [0.4, 0.5) is 0 Å². The van der Waals surface area contributed by atoms with Crippen molar-refractivity contribution in [2.75, 3.05) is 0 Å². The molecule has 0 spiro atoms. The van der Waals surface area contributed by atoms with Crippen molar-refractivity contribution >= 4 is 11.5 Å². The lowest BCUT2D eigenvalue weighted by atomic mass is 10.0. The van der Waals surface area contributed by atoms with Crippen LogP contribution in [0.1, 0.15) is 12.0 Å². The van der Waals surface area contributed by atoms with E-state index < -0.39 is 0 Å². The summed E-state index contributed by atoms with van der Waals surface area (Å²) in [6.45, 7) is 0. The highest BCUT2D eigenvalue weighted by atomic mass is 16.1. The molecule has 1 aromatic rings. The van der Waals surface area contributed by atoms with Gasteiger partial charge in [0.2, 0.25) is 0 Å². The van der Waals surface area contributed by atoms with Crippen LogP contribution in [-0.4, -0.2) is 5.91 Å². The Morgan fingerprint density at radius 3 is 2.62 bits per heavy atom. The van der Waals surface area contributed by atoms with Gasteiger partial charge in [0.05, 0.1) is 12.6 Å². The van der Waals surface area contributed by atoms with Gasteiger partial charge in [-0.25, -0.2) is 0 Å². The van der Waals surface area contributed by atoms with Gasteiger partial charge in [-0.15, -0.1) is 5.11 Å². The highest BCUT2D eigenvalue weighted by molar-refractivity contribution is 5.90. The summed E-state index contributed by atoms with van der Waals surface area (Å²) in [7, 11) is 0. The first-order valence-corrected chi connectivity index (χ1v) is 4.04. The minimum Gasteiger partial charge on any atom is -0.271 e. The van der Waals surface area contributed by atoms with Gasteiger partial charge in [0.25, 0.3) is 5.91 Å². The van der Waals surface area contributed by atoms with E-state index >= 15 is 0 Å². The molecule has 1 aromatic carbocycles. The van der Waals surface area contributed by atoms with Crippen LogP contribution in [0.25, 0.3) is 5.57 Å². The van der Waals surface area contributed by atoms with Crippen molar-refractivity contribution in [3.8, 4) is 0 Å². The lowest BCUT2D eigenvalue weighted by Gasteiger charge is -2.05. The summed E-state index contributed by atoms with van der Waals surface area (Å²) in [6, 6.07) is 9.73. The summed E-state index contributed by atoms with van der Waals surface area (Å²) in [5, 5.41) is 7.04. The largest absolute Gasteiger partial charge is 0.271 e. The number of nitrogens with zero attached hydrogens (tertiary/aromatic N) is 2. The van der Waals surface area contributed by atoms with Crippen molar-refractivity contribution in [3.63, 3.8) is 0 Å². The van der Waals surface area contributed by atoms with E-state index in [1.165, 1.54) is 0 Å². The zero-order valence-corrected chi connectivity index (χ0v) is 6.97. The quantitative estimate of drug-likeness (QED) is 0.641. The Morgan fingerprint density at radius 2 is 1.92 bits per heavy atom. The van der Waals surface area contributed by atoms with Crippen molar-refractivity contribution < 1.29 is 4.79 Å². The van der Waals surface area contributed by atoms with Crippen LogP contribution in [-0.2, 0) is 4.79 Å². The van der Waals surface area contributed by atoms with E-state index in [9.17, 15) is 4.79 Å². The summed E-state index contributed by atoms with van der Waals surface area (Å²) in [5.74, 6) is -0.179. The van der Waals surface area contributed by atoms with E-state index in [1.54, 1.807) is 6.20 Å². The minimum atomic E-state index is -0.179. The second kappa shape index (κ2) is 3.31. The number of benzene rings is 1. The van der Waals surface area contributed by atoms with E-state index in [-0.39, 0.29) is 5.91 Å². The molecule has 0 radical (unpaired) electrons. The first kappa shape index (κ1) is 7.86. The van der Waals surface area contributed by atoms with Crippen LogP contribution in [0.3, 0.4) is 0 Å². The minimum absolute atomic E-state index is 0.179. The van der Waals surface area contributed by atoms with Crippen LogP contribution in [0.5, 0.6) is 0 Å². The average Bonchev–Trinajstić information content (AvgIpc) is 2.19. The number of rotatable bonds is 1. The van der Waals surface area contributed by atoms with Crippen LogP contribution < -0.4 is 0 Å². The Bertz CT molecular complexity index is 379. The molecule has 0 saturated carbocycles. The molecule has 0 N–H and O–H groups in total. The first-order chi connectivity index (χ1) is 6.36. The van der Waals surface area contributed by atoms with Crippen LogP contribution in [0.15, 0.2) is 46.8 Å². The third-order valence-electron chi connectivity index (χ3n) is 1.87. The maximum absolute atomic E-state index is 10.9. The first-order valence-electron chi connectivity index (χ1n) is 4.04. The van der Waals surface area contributed by atoms with Gasteiger partial charge in [-0.05, 0) is 11.1 Å². The molecular formula is C10H8N2O. The van der Waals surface area contributed by atoms with Crippen molar-refractivity contribution in [2.24, 2.45) is 10.2 Å². The monoisotopic (exact) mass is 172 g/mol. The fraction of sp³-hybridized carbons (Fsp3) is 0.100. The fourth-order valence-electron chi connectivity index (χ4n) is 1.24. The zero-order valence-electron chi connectivity index (χ0n) is 6.97. The Hall–Kier alpha value is -1.77. The SMILES string of the molecule is O=C1CC(c2ccccc2)=CN=N1. The van der Waals surface area contributed by atoms with Gasteiger partial charge in [-0.2, -0.15) is 5.11 Å². The molecule has 64 valence electrons. The summed E-state index contributed by atoms with van der Waals surface area (Å²) < 4.78 is 0. The van der Waals surface area contributed by atoms with Gasteiger partial charge in [0.15, 0.2) is 0 Å².